The number of benzene rings is 1. The van der Waals surface area contributed by atoms with Gasteiger partial charge >= 0.3 is 6.18 Å². The van der Waals surface area contributed by atoms with E-state index in [4.69, 9.17) is 0 Å². The molecule has 5 nitrogen and oxygen atoms in total. The van der Waals surface area contributed by atoms with Crippen molar-refractivity contribution < 1.29 is 18.0 Å². The van der Waals surface area contributed by atoms with E-state index in [0.29, 0.717) is 37.3 Å². The lowest BCUT2D eigenvalue weighted by Crippen LogP contribution is -2.41. The van der Waals surface area contributed by atoms with Crippen LogP contribution in [0, 0.1) is 6.92 Å². The van der Waals surface area contributed by atoms with Crippen molar-refractivity contribution in [2.24, 2.45) is 0 Å². The largest absolute Gasteiger partial charge is 0.433 e. The van der Waals surface area contributed by atoms with Crippen LogP contribution in [-0.4, -0.2) is 38.5 Å². The van der Waals surface area contributed by atoms with E-state index in [1.165, 1.54) is 0 Å². The molecule has 2 atom stereocenters. The average Bonchev–Trinajstić information content (AvgIpc) is 3.13. The second kappa shape index (κ2) is 8.32. The molecule has 2 aromatic heterocycles. The highest BCUT2D eigenvalue weighted by Gasteiger charge is 2.37. The summed E-state index contributed by atoms with van der Waals surface area (Å²) in [6, 6.07) is 12.3. The molecule has 0 N–H and O–H groups in total. The van der Waals surface area contributed by atoms with E-state index in [0.717, 1.165) is 22.6 Å². The molecule has 31 heavy (non-hydrogen) atoms. The molecule has 1 aliphatic rings. The molecule has 1 saturated heterocycles. The Kier molecular flexibility index (Phi) is 5.73. The van der Waals surface area contributed by atoms with Gasteiger partial charge in [-0.2, -0.15) is 18.3 Å². The van der Waals surface area contributed by atoms with E-state index in [9.17, 15) is 18.0 Å². The smallest absolute Gasteiger partial charge is 0.342 e. The van der Waals surface area contributed by atoms with Gasteiger partial charge in [0, 0.05) is 30.8 Å². The van der Waals surface area contributed by atoms with Gasteiger partial charge < -0.3 is 4.90 Å². The first-order valence-corrected chi connectivity index (χ1v) is 10.6. The Morgan fingerprint density at radius 2 is 1.97 bits per heavy atom. The molecule has 4 rings (SSSR count). The van der Waals surface area contributed by atoms with Crippen LogP contribution in [0.15, 0.2) is 42.5 Å². The number of piperidine rings is 1. The molecule has 0 aliphatic carbocycles. The van der Waals surface area contributed by atoms with Gasteiger partial charge in [-0.05, 0) is 37.8 Å². The lowest BCUT2D eigenvalue weighted by Gasteiger charge is -2.35. The van der Waals surface area contributed by atoms with E-state index in [-0.39, 0.29) is 23.4 Å². The number of likely N-dealkylation sites (tertiary alicyclic amines) is 1. The van der Waals surface area contributed by atoms with Gasteiger partial charge in [-0.15, -0.1) is 0 Å². The minimum Gasteiger partial charge on any atom is -0.342 e. The Morgan fingerprint density at radius 3 is 2.65 bits per heavy atom. The molecular weight excluding hydrogens is 405 g/mol. The number of nitrogens with zero attached hydrogens (tertiary/aromatic N) is 4. The average molecular weight is 430 g/mol. The molecule has 0 bridgehead atoms. The number of amides is 1. The van der Waals surface area contributed by atoms with Gasteiger partial charge in [0.05, 0.1) is 11.6 Å². The highest BCUT2D eigenvalue weighted by atomic mass is 19.4. The first-order valence-electron chi connectivity index (χ1n) is 10.6. The Bertz CT molecular complexity index is 1080. The number of rotatable bonds is 4. The van der Waals surface area contributed by atoms with Crippen molar-refractivity contribution in [3.05, 3.63) is 65.1 Å². The van der Waals surface area contributed by atoms with Crippen molar-refractivity contribution in [1.82, 2.24) is 19.5 Å². The van der Waals surface area contributed by atoms with Crippen molar-refractivity contribution in [2.75, 3.05) is 13.1 Å². The molecule has 0 unspecified atom stereocenters. The number of carbonyl (C=O) groups excluding carboxylic acids is 1. The molecule has 0 saturated carbocycles. The van der Waals surface area contributed by atoms with E-state index < -0.39 is 11.9 Å². The standard InChI is InChI=1S/C23H25F3N4O/c1-3-18(16-8-5-4-6-9-16)22(31)29-11-7-10-17(14-29)19-13-20(23(24,25)26)30-21(27-19)12-15(2)28-30/h4-6,8-9,12-13,17-18H,3,7,10-11,14H2,1-2H3/t17-,18+/m1/s1. The maximum atomic E-state index is 13.7. The van der Waals surface area contributed by atoms with Crippen LogP contribution in [0.5, 0.6) is 0 Å². The molecule has 164 valence electrons. The fraction of sp³-hybridized carbons (Fsp3) is 0.435. The predicted molar refractivity (Wildman–Crippen MR) is 111 cm³/mol. The van der Waals surface area contributed by atoms with Gasteiger partial charge in [0.1, 0.15) is 5.69 Å². The summed E-state index contributed by atoms with van der Waals surface area (Å²) in [7, 11) is 0. The number of hydrogen-bond donors (Lipinski definition) is 0. The summed E-state index contributed by atoms with van der Waals surface area (Å²) < 4.78 is 41.9. The third kappa shape index (κ3) is 4.29. The second-order valence-electron chi connectivity index (χ2n) is 8.11. The molecule has 0 spiro atoms. The number of alkyl halides is 3. The van der Waals surface area contributed by atoms with E-state index in [2.05, 4.69) is 10.1 Å². The summed E-state index contributed by atoms with van der Waals surface area (Å²) in [6.07, 6.45) is -2.45. The Labute approximate surface area is 178 Å². The van der Waals surface area contributed by atoms with Crippen LogP contribution in [0.4, 0.5) is 13.2 Å². The number of fused-ring (bicyclic) bond motifs is 1. The fourth-order valence-electron chi connectivity index (χ4n) is 4.40. The molecule has 1 fully saturated rings. The zero-order valence-electron chi connectivity index (χ0n) is 17.6. The first kappa shape index (κ1) is 21.3. The van der Waals surface area contributed by atoms with Crippen LogP contribution < -0.4 is 0 Å². The third-order valence-corrected chi connectivity index (χ3v) is 5.92. The van der Waals surface area contributed by atoms with Crippen LogP contribution in [0.1, 0.15) is 60.7 Å². The number of aryl methyl sites for hydroxylation is 1. The van der Waals surface area contributed by atoms with Crippen LogP contribution in [0.25, 0.3) is 5.65 Å². The second-order valence-corrected chi connectivity index (χ2v) is 8.11. The topological polar surface area (TPSA) is 50.5 Å². The van der Waals surface area contributed by atoms with Gasteiger partial charge in [0.25, 0.3) is 0 Å². The molecule has 8 heteroatoms. The maximum Gasteiger partial charge on any atom is 0.433 e. The summed E-state index contributed by atoms with van der Waals surface area (Å²) >= 11 is 0. The van der Waals surface area contributed by atoms with E-state index in [1.807, 2.05) is 37.3 Å². The minimum atomic E-state index is -4.54. The van der Waals surface area contributed by atoms with Gasteiger partial charge in [-0.1, -0.05) is 37.3 Å². The zero-order chi connectivity index (χ0) is 22.2. The summed E-state index contributed by atoms with van der Waals surface area (Å²) in [4.78, 5) is 19.5. The number of carbonyl (C=O) groups is 1. The maximum absolute atomic E-state index is 13.7. The lowest BCUT2D eigenvalue weighted by molar-refractivity contribution is -0.143. The minimum absolute atomic E-state index is 0.0238. The predicted octanol–water partition coefficient (Wildman–Crippen LogP) is 4.96. The van der Waals surface area contributed by atoms with Gasteiger partial charge in [-0.25, -0.2) is 9.50 Å². The summed E-state index contributed by atoms with van der Waals surface area (Å²) in [5.74, 6) is -0.471. The SMILES string of the molecule is CC[C@H](C(=O)N1CCC[C@@H](c2cc(C(F)(F)F)n3nc(C)cc3n2)C1)c1ccccc1. The van der Waals surface area contributed by atoms with Crippen LogP contribution in [0.2, 0.25) is 0 Å². The van der Waals surface area contributed by atoms with E-state index >= 15 is 0 Å². The summed E-state index contributed by atoms with van der Waals surface area (Å²) in [5.41, 5.74) is 1.15. The Hall–Kier alpha value is -2.90. The molecule has 1 amide bonds. The van der Waals surface area contributed by atoms with Crippen molar-refractivity contribution >= 4 is 11.6 Å². The van der Waals surface area contributed by atoms with Crippen molar-refractivity contribution in [3.63, 3.8) is 0 Å². The van der Waals surface area contributed by atoms with Gasteiger partial charge in [0.15, 0.2) is 5.65 Å². The molecular formula is C23H25F3N4O. The number of aromatic nitrogens is 3. The lowest BCUT2D eigenvalue weighted by atomic mass is 9.90. The normalized spacial score (nSPS) is 18.4. The molecule has 3 aromatic rings. The third-order valence-electron chi connectivity index (χ3n) is 5.92. The summed E-state index contributed by atoms with van der Waals surface area (Å²) in [6.45, 7) is 4.60. The van der Waals surface area contributed by atoms with Crippen molar-refractivity contribution in [1.29, 1.82) is 0 Å². The number of hydrogen-bond acceptors (Lipinski definition) is 3. The first-order chi connectivity index (χ1) is 14.8. The van der Waals surface area contributed by atoms with Crippen LogP contribution in [-0.2, 0) is 11.0 Å². The zero-order valence-corrected chi connectivity index (χ0v) is 17.6. The van der Waals surface area contributed by atoms with Crippen LogP contribution in [0.3, 0.4) is 0 Å². The van der Waals surface area contributed by atoms with Gasteiger partial charge in [0.2, 0.25) is 5.91 Å². The molecule has 1 aliphatic heterocycles. The highest BCUT2D eigenvalue weighted by Crippen LogP contribution is 2.34. The molecule has 0 radical (unpaired) electrons. The van der Waals surface area contributed by atoms with Gasteiger partial charge in [-0.3, -0.25) is 4.79 Å². The van der Waals surface area contributed by atoms with Crippen molar-refractivity contribution in [2.45, 2.75) is 51.1 Å². The quantitative estimate of drug-likeness (QED) is 0.588. The molecule has 3 heterocycles. The monoisotopic (exact) mass is 430 g/mol. The highest BCUT2D eigenvalue weighted by molar-refractivity contribution is 5.83. The van der Waals surface area contributed by atoms with E-state index in [1.54, 1.807) is 17.9 Å². The molecule has 1 aromatic carbocycles. The number of halogens is 3. The Morgan fingerprint density at radius 1 is 1.23 bits per heavy atom. The Balaban J connectivity index is 1.63. The fourth-order valence-corrected chi connectivity index (χ4v) is 4.40. The van der Waals surface area contributed by atoms with Crippen molar-refractivity contribution in [3.8, 4) is 0 Å². The summed E-state index contributed by atoms with van der Waals surface area (Å²) in [5, 5.41) is 3.95. The van der Waals surface area contributed by atoms with Crippen LogP contribution >= 0.6 is 0 Å².